The SMILES string of the molecule is CC(C)(C)OC(=O)CNC1CCC(=CCCCC(=O)O)CC1. The van der Waals surface area contributed by atoms with Gasteiger partial charge in [0.05, 0.1) is 6.54 Å². The molecule has 0 bridgehead atoms. The number of carbonyl (C=O) groups excluding carboxylic acids is 1. The second-order valence-corrected chi connectivity index (χ2v) is 6.89. The number of ether oxygens (including phenoxy) is 1. The zero-order valence-corrected chi connectivity index (χ0v) is 14.0. The third kappa shape index (κ3) is 8.82. The fourth-order valence-corrected chi connectivity index (χ4v) is 2.56. The van der Waals surface area contributed by atoms with Crippen LogP contribution in [-0.4, -0.2) is 35.2 Å². The van der Waals surface area contributed by atoms with E-state index >= 15 is 0 Å². The Morgan fingerprint density at radius 2 is 1.95 bits per heavy atom. The van der Waals surface area contributed by atoms with Gasteiger partial charge in [-0.05, 0) is 59.3 Å². The van der Waals surface area contributed by atoms with Crippen molar-refractivity contribution in [3.05, 3.63) is 11.6 Å². The summed E-state index contributed by atoms with van der Waals surface area (Å²) in [7, 11) is 0. The Morgan fingerprint density at radius 3 is 2.50 bits per heavy atom. The molecular formula is C17H29NO4. The molecular weight excluding hydrogens is 282 g/mol. The monoisotopic (exact) mass is 311 g/mol. The number of aliphatic carboxylic acids is 1. The highest BCUT2D eigenvalue weighted by Gasteiger charge is 2.19. The number of carbonyl (C=O) groups is 2. The van der Waals surface area contributed by atoms with Crippen LogP contribution >= 0.6 is 0 Å². The number of carboxylic acids is 1. The Kier molecular flexibility index (Phi) is 7.59. The number of allylic oxidation sites excluding steroid dienone is 2. The smallest absolute Gasteiger partial charge is 0.320 e. The molecule has 1 aliphatic rings. The maximum atomic E-state index is 11.7. The van der Waals surface area contributed by atoms with Crippen molar-refractivity contribution >= 4 is 11.9 Å². The lowest BCUT2D eigenvalue weighted by Crippen LogP contribution is -2.38. The fraction of sp³-hybridized carbons (Fsp3) is 0.765. The summed E-state index contributed by atoms with van der Waals surface area (Å²) in [6.07, 6.45) is 8.08. The lowest BCUT2D eigenvalue weighted by molar-refractivity contribution is -0.153. The van der Waals surface area contributed by atoms with E-state index in [-0.39, 0.29) is 18.9 Å². The van der Waals surface area contributed by atoms with E-state index in [1.54, 1.807) is 0 Å². The number of rotatable bonds is 7. The Bertz CT molecular complexity index is 399. The van der Waals surface area contributed by atoms with Gasteiger partial charge in [0.1, 0.15) is 5.60 Å². The first-order valence-corrected chi connectivity index (χ1v) is 8.11. The van der Waals surface area contributed by atoms with Gasteiger partial charge in [0, 0.05) is 12.5 Å². The van der Waals surface area contributed by atoms with E-state index in [1.807, 2.05) is 20.8 Å². The Hall–Kier alpha value is -1.36. The largest absolute Gasteiger partial charge is 0.481 e. The van der Waals surface area contributed by atoms with Crippen LogP contribution in [0.2, 0.25) is 0 Å². The van der Waals surface area contributed by atoms with Gasteiger partial charge in [0.25, 0.3) is 0 Å². The van der Waals surface area contributed by atoms with E-state index in [4.69, 9.17) is 9.84 Å². The molecule has 0 unspecified atom stereocenters. The van der Waals surface area contributed by atoms with E-state index in [9.17, 15) is 9.59 Å². The van der Waals surface area contributed by atoms with Crippen molar-refractivity contribution in [1.29, 1.82) is 0 Å². The van der Waals surface area contributed by atoms with E-state index in [2.05, 4.69) is 11.4 Å². The summed E-state index contributed by atoms with van der Waals surface area (Å²) in [6.45, 7) is 5.87. The van der Waals surface area contributed by atoms with Crippen LogP contribution in [0.4, 0.5) is 0 Å². The van der Waals surface area contributed by atoms with Crippen LogP contribution < -0.4 is 5.32 Å². The van der Waals surface area contributed by atoms with Gasteiger partial charge in [0.15, 0.2) is 0 Å². The van der Waals surface area contributed by atoms with E-state index < -0.39 is 11.6 Å². The maximum Gasteiger partial charge on any atom is 0.320 e. The number of carboxylic acid groups (broad SMARTS) is 1. The van der Waals surface area contributed by atoms with Gasteiger partial charge >= 0.3 is 11.9 Å². The van der Waals surface area contributed by atoms with Crippen molar-refractivity contribution in [3.8, 4) is 0 Å². The average Bonchev–Trinajstić information content (AvgIpc) is 2.40. The molecule has 5 heteroatoms. The molecule has 0 aromatic carbocycles. The quantitative estimate of drug-likeness (QED) is 0.429. The zero-order valence-electron chi connectivity index (χ0n) is 14.0. The third-order valence-electron chi connectivity index (χ3n) is 3.61. The molecule has 1 saturated carbocycles. The number of nitrogens with one attached hydrogen (secondary N) is 1. The minimum absolute atomic E-state index is 0.206. The molecule has 126 valence electrons. The van der Waals surface area contributed by atoms with Crippen LogP contribution in [0.3, 0.4) is 0 Å². The highest BCUT2D eigenvalue weighted by Crippen LogP contribution is 2.24. The molecule has 22 heavy (non-hydrogen) atoms. The molecule has 0 aromatic heterocycles. The topological polar surface area (TPSA) is 75.6 Å². The van der Waals surface area contributed by atoms with Gasteiger partial charge < -0.3 is 15.2 Å². The van der Waals surface area contributed by atoms with Crippen LogP contribution in [0.1, 0.15) is 65.7 Å². The molecule has 1 aliphatic carbocycles. The summed E-state index contributed by atoms with van der Waals surface area (Å²) >= 11 is 0. The minimum Gasteiger partial charge on any atom is -0.481 e. The second kappa shape index (κ2) is 8.93. The molecule has 1 fully saturated rings. The molecule has 0 saturated heterocycles. The number of hydrogen-bond acceptors (Lipinski definition) is 4. The Balaban J connectivity index is 2.18. The molecule has 0 aromatic rings. The molecule has 2 N–H and O–H groups in total. The first kappa shape index (κ1) is 18.7. The van der Waals surface area contributed by atoms with E-state index in [0.29, 0.717) is 12.5 Å². The Morgan fingerprint density at radius 1 is 1.32 bits per heavy atom. The molecule has 0 aliphatic heterocycles. The normalized spacial score (nSPS) is 18.9. The highest BCUT2D eigenvalue weighted by atomic mass is 16.6. The summed E-state index contributed by atoms with van der Waals surface area (Å²) in [5.74, 6) is -0.934. The van der Waals surface area contributed by atoms with Gasteiger partial charge in [-0.15, -0.1) is 0 Å². The average molecular weight is 311 g/mol. The molecule has 0 spiro atoms. The molecule has 0 atom stereocenters. The standard InChI is InChI=1S/C17H29NO4/c1-17(2,3)22-16(21)12-18-14-10-8-13(9-11-14)6-4-5-7-15(19)20/h6,14,18H,4-5,7-12H2,1-3H3,(H,19,20). The second-order valence-electron chi connectivity index (χ2n) is 6.89. The van der Waals surface area contributed by atoms with Crippen molar-refractivity contribution in [2.24, 2.45) is 0 Å². The molecule has 0 amide bonds. The predicted molar refractivity (Wildman–Crippen MR) is 85.7 cm³/mol. The third-order valence-corrected chi connectivity index (χ3v) is 3.61. The van der Waals surface area contributed by atoms with Crippen molar-refractivity contribution < 1.29 is 19.4 Å². The van der Waals surface area contributed by atoms with E-state index in [1.165, 1.54) is 5.57 Å². The van der Waals surface area contributed by atoms with Gasteiger partial charge in [-0.1, -0.05) is 11.6 Å². The van der Waals surface area contributed by atoms with Crippen molar-refractivity contribution in [2.45, 2.75) is 77.4 Å². The lowest BCUT2D eigenvalue weighted by atomic mass is 9.90. The van der Waals surface area contributed by atoms with Crippen molar-refractivity contribution in [1.82, 2.24) is 5.32 Å². The summed E-state index contributed by atoms with van der Waals surface area (Å²) < 4.78 is 5.27. The van der Waals surface area contributed by atoms with Gasteiger partial charge in [-0.2, -0.15) is 0 Å². The summed E-state index contributed by atoms with van der Waals surface area (Å²) in [6, 6.07) is 0.365. The summed E-state index contributed by atoms with van der Waals surface area (Å²) in [4.78, 5) is 22.1. The van der Waals surface area contributed by atoms with Crippen LogP contribution in [0.15, 0.2) is 11.6 Å². The Labute approximate surface area is 133 Å². The van der Waals surface area contributed by atoms with Gasteiger partial charge in [-0.25, -0.2) is 0 Å². The predicted octanol–water partition coefficient (Wildman–Crippen LogP) is 3.04. The first-order valence-electron chi connectivity index (χ1n) is 8.11. The fourth-order valence-electron chi connectivity index (χ4n) is 2.56. The number of esters is 1. The first-order chi connectivity index (χ1) is 10.3. The van der Waals surface area contributed by atoms with Crippen LogP contribution in [0.5, 0.6) is 0 Å². The maximum absolute atomic E-state index is 11.7. The zero-order chi connectivity index (χ0) is 16.6. The minimum atomic E-state index is -0.728. The molecule has 1 rings (SSSR count). The van der Waals surface area contributed by atoms with Crippen LogP contribution in [-0.2, 0) is 14.3 Å². The van der Waals surface area contributed by atoms with Crippen LogP contribution in [0, 0.1) is 0 Å². The highest BCUT2D eigenvalue weighted by molar-refractivity contribution is 5.72. The number of hydrogen-bond donors (Lipinski definition) is 2. The molecule has 0 radical (unpaired) electrons. The molecule has 5 nitrogen and oxygen atoms in total. The number of unbranched alkanes of at least 4 members (excludes halogenated alkanes) is 1. The van der Waals surface area contributed by atoms with Crippen LogP contribution in [0.25, 0.3) is 0 Å². The van der Waals surface area contributed by atoms with Gasteiger partial charge in [-0.3, -0.25) is 9.59 Å². The van der Waals surface area contributed by atoms with E-state index in [0.717, 1.165) is 32.1 Å². The lowest BCUT2D eigenvalue weighted by Gasteiger charge is -2.26. The van der Waals surface area contributed by atoms with Gasteiger partial charge in [0.2, 0.25) is 0 Å². The van der Waals surface area contributed by atoms with Crippen molar-refractivity contribution in [3.63, 3.8) is 0 Å². The van der Waals surface area contributed by atoms with Crippen molar-refractivity contribution in [2.75, 3.05) is 6.54 Å². The summed E-state index contributed by atoms with van der Waals surface area (Å²) in [5, 5.41) is 11.9. The summed E-state index contributed by atoms with van der Waals surface area (Å²) in [5.41, 5.74) is 0.984. The molecule has 0 heterocycles.